The first kappa shape index (κ1) is 12.7. The quantitative estimate of drug-likeness (QED) is 0.349. The standard InChI is InChI=1S/C9H21N3S/c1-3-5-7-8(6-4-2)11-9(13)12-10/h8H,3-7,10H2,1-2H3,(H2,11,12,13). The van der Waals surface area contributed by atoms with Gasteiger partial charge in [-0.3, -0.25) is 0 Å². The van der Waals surface area contributed by atoms with E-state index in [0.29, 0.717) is 11.2 Å². The minimum absolute atomic E-state index is 0.480. The third-order valence-corrected chi connectivity index (χ3v) is 2.25. The average Bonchev–Trinajstić information content (AvgIpc) is 2.14. The lowest BCUT2D eigenvalue weighted by molar-refractivity contribution is 0.492. The number of hydrogen-bond acceptors (Lipinski definition) is 2. The maximum Gasteiger partial charge on any atom is 0.180 e. The third kappa shape index (κ3) is 6.78. The summed E-state index contributed by atoms with van der Waals surface area (Å²) >= 11 is 4.95. The fourth-order valence-electron chi connectivity index (χ4n) is 1.31. The number of thiocarbonyl (C=S) groups is 1. The van der Waals surface area contributed by atoms with E-state index in [-0.39, 0.29) is 0 Å². The minimum Gasteiger partial charge on any atom is -0.359 e. The SMILES string of the molecule is CCCCC(CCC)NC(=S)NN. The van der Waals surface area contributed by atoms with E-state index in [4.69, 9.17) is 18.1 Å². The molecule has 78 valence electrons. The fourth-order valence-corrected chi connectivity index (χ4v) is 1.48. The average molecular weight is 203 g/mol. The highest BCUT2D eigenvalue weighted by molar-refractivity contribution is 7.80. The minimum atomic E-state index is 0.480. The lowest BCUT2D eigenvalue weighted by atomic mass is 10.1. The van der Waals surface area contributed by atoms with Crippen LogP contribution in [0.15, 0.2) is 0 Å². The van der Waals surface area contributed by atoms with Crippen LogP contribution in [0.25, 0.3) is 0 Å². The molecule has 0 aliphatic carbocycles. The highest BCUT2D eigenvalue weighted by atomic mass is 32.1. The summed E-state index contributed by atoms with van der Waals surface area (Å²) in [6.07, 6.45) is 5.97. The first-order valence-corrected chi connectivity index (χ1v) is 5.42. The first-order chi connectivity index (χ1) is 6.24. The second-order valence-corrected chi connectivity index (χ2v) is 3.65. The van der Waals surface area contributed by atoms with E-state index in [1.165, 1.54) is 25.7 Å². The van der Waals surface area contributed by atoms with Gasteiger partial charge in [0.2, 0.25) is 0 Å². The topological polar surface area (TPSA) is 50.1 Å². The highest BCUT2D eigenvalue weighted by Gasteiger charge is 2.07. The molecular formula is C9H21N3S. The molecule has 0 bridgehead atoms. The molecule has 0 saturated carbocycles. The zero-order chi connectivity index (χ0) is 10.1. The molecular weight excluding hydrogens is 182 g/mol. The molecule has 0 aliphatic heterocycles. The summed E-state index contributed by atoms with van der Waals surface area (Å²) < 4.78 is 0. The van der Waals surface area contributed by atoms with E-state index < -0.39 is 0 Å². The van der Waals surface area contributed by atoms with Gasteiger partial charge in [0.1, 0.15) is 0 Å². The van der Waals surface area contributed by atoms with Gasteiger partial charge >= 0.3 is 0 Å². The van der Waals surface area contributed by atoms with Gasteiger partial charge in [-0.05, 0) is 25.1 Å². The Morgan fingerprint density at radius 1 is 1.31 bits per heavy atom. The van der Waals surface area contributed by atoms with Gasteiger partial charge in [0, 0.05) is 6.04 Å². The Hall–Kier alpha value is -0.350. The molecule has 4 heteroatoms. The number of rotatable bonds is 6. The summed E-state index contributed by atoms with van der Waals surface area (Å²) in [7, 11) is 0. The van der Waals surface area contributed by atoms with Crippen molar-refractivity contribution >= 4 is 17.3 Å². The van der Waals surface area contributed by atoms with Crippen molar-refractivity contribution in [3.05, 3.63) is 0 Å². The van der Waals surface area contributed by atoms with E-state index in [1.54, 1.807) is 0 Å². The van der Waals surface area contributed by atoms with Gasteiger partial charge in [-0.2, -0.15) is 0 Å². The van der Waals surface area contributed by atoms with Crippen molar-refractivity contribution in [3.63, 3.8) is 0 Å². The Morgan fingerprint density at radius 2 is 2.00 bits per heavy atom. The molecule has 1 unspecified atom stereocenters. The summed E-state index contributed by atoms with van der Waals surface area (Å²) in [6.45, 7) is 4.38. The molecule has 0 amide bonds. The van der Waals surface area contributed by atoms with Gasteiger partial charge in [-0.1, -0.05) is 33.1 Å². The fraction of sp³-hybridized carbons (Fsp3) is 0.889. The van der Waals surface area contributed by atoms with Gasteiger partial charge in [0.25, 0.3) is 0 Å². The van der Waals surface area contributed by atoms with Crippen molar-refractivity contribution in [2.45, 2.75) is 52.0 Å². The molecule has 13 heavy (non-hydrogen) atoms. The van der Waals surface area contributed by atoms with Crippen molar-refractivity contribution in [1.29, 1.82) is 0 Å². The Bertz CT molecular complexity index is 139. The normalized spacial score (nSPS) is 12.2. The Balaban J connectivity index is 3.71. The van der Waals surface area contributed by atoms with Crippen molar-refractivity contribution in [2.75, 3.05) is 0 Å². The van der Waals surface area contributed by atoms with Gasteiger partial charge in [0.15, 0.2) is 5.11 Å². The van der Waals surface area contributed by atoms with Crippen molar-refractivity contribution in [1.82, 2.24) is 10.7 Å². The van der Waals surface area contributed by atoms with Crippen LogP contribution in [0.5, 0.6) is 0 Å². The molecule has 0 heterocycles. The van der Waals surface area contributed by atoms with E-state index in [9.17, 15) is 0 Å². The highest BCUT2D eigenvalue weighted by Crippen LogP contribution is 2.06. The van der Waals surface area contributed by atoms with E-state index in [2.05, 4.69) is 24.6 Å². The lowest BCUT2D eigenvalue weighted by Crippen LogP contribution is -2.44. The van der Waals surface area contributed by atoms with Crippen LogP contribution in [0.3, 0.4) is 0 Å². The largest absolute Gasteiger partial charge is 0.359 e. The Labute approximate surface area is 86.4 Å². The van der Waals surface area contributed by atoms with Crippen LogP contribution in [-0.2, 0) is 0 Å². The summed E-state index contributed by atoms with van der Waals surface area (Å²) in [5.74, 6) is 5.19. The van der Waals surface area contributed by atoms with Gasteiger partial charge in [0.05, 0.1) is 0 Å². The molecule has 0 rings (SSSR count). The zero-order valence-electron chi connectivity index (χ0n) is 8.60. The van der Waals surface area contributed by atoms with Crippen LogP contribution >= 0.6 is 12.2 Å². The number of hydrogen-bond donors (Lipinski definition) is 3. The number of unbranched alkanes of at least 4 members (excludes halogenated alkanes) is 1. The first-order valence-electron chi connectivity index (χ1n) is 5.01. The van der Waals surface area contributed by atoms with E-state index in [1.807, 2.05) is 0 Å². The molecule has 0 fully saturated rings. The van der Waals surface area contributed by atoms with E-state index >= 15 is 0 Å². The van der Waals surface area contributed by atoms with E-state index in [0.717, 1.165) is 6.42 Å². The molecule has 0 aliphatic rings. The summed E-state index contributed by atoms with van der Waals surface area (Å²) in [6, 6.07) is 0.480. The molecule has 0 aromatic heterocycles. The van der Waals surface area contributed by atoms with Gasteiger partial charge in [-0.15, -0.1) is 0 Å². The zero-order valence-corrected chi connectivity index (χ0v) is 9.41. The molecule has 3 nitrogen and oxygen atoms in total. The van der Waals surface area contributed by atoms with Crippen LogP contribution < -0.4 is 16.6 Å². The predicted molar refractivity (Wildman–Crippen MR) is 61.3 cm³/mol. The van der Waals surface area contributed by atoms with Crippen molar-refractivity contribution in [3.8, 4) is 0 Å². The summed E-state index contributed by atoms with van der Waals surface area (Å²) in [5.41, 5.74) is 2.45. The van der Waals surface area contributed by atoms with Crippen molar-refractivity contribution < 1.29 is 0 Å². The molecule has 1 atom stereocenters. The van der Waals surface area contributed by atoms with Crippen molar-refractivity contribution in [2.24, 2.45) is 5.84 Å². The molecule has 0 radical (unpaired) electrons. The molecule has 4 N–H and O–H groups in total. The summed E-state index contributed by atoms with van der Waals surface area (Å²) in [4.78, 5) is 0. The maximum absolute atomic E-state index is 5.19. The second kappa shape index (κ2) is 8.26. The molecule has 0 saturated heterocycles. The van der Waals surface area contributed by atoms with Crippen LogP contribution in [0.2, 0.25) is 0 Å². The Kier molecular flexibility index (Phi) is 8.04. The number of nitrogens with two attached hydrogens (primary N) is 1. The van der Waals surface area contributed by atoms with Crippen LogP contribution in [0, 0.1) is 0 Å². The smallest absolute Gasteiger partial charge is 0.180 e. The number of hydrazine groups is 1. The maximum atomic E-state index is 5.19. The van der Waals surface area contributed by atoms with Gasteiger partial charge < -0.3 is 10.7 Å². The van der Waals surface area contributed by atoms with Crippen LogP contribution in [0.4, 0.5) is 0 Å². The molecule has 0 spiro atoms. The second-order valence-electron chi connectivity index (χ2n) is 3.25. The predicted octanol–water partition coefficient (Wildman–Crippen LogP) is 1.68. The van der Waals surface area contributed by atoms with Crippen LogP contribution in [-0.4, -0.2) is 11.2 Å². The monoisotopic (exact) mass is 203 g/mol. The van der Waals surface area contributed by atoms with Crippen LogP contribution in [0.1, 0.15) is 46.0 Å². The lowest BCUT2D eigenvalue weighted by Gasteiger charge is -2.18. The third-order valence-electron chi connectivity index (χ3n) is 2.01. The number of nitrogens with one attached hydrogen (secondary N) is 2. The molecule has 0 aromatic carbocycles. The van der Waals surface area contributed by atoms with Gasteiger partial charge in [-0.25, -0.2) is 5.84 Å². The Morgan fingerprint density at radius 3 is 2.46 bits per heavy atom. The molecule has 0 aromatic rings. The summed E-state index contributed by atoms with van der Waals surface area (Å²) in [5, 5.41) is 3.75.